The maximum atomic E-state index is 13.2. The minimum Gasteiger partial charge on any atom is -0.423 e. The fourth-order valence-corrected chi connectivity index (χ4v) is 2.84. The third kappa shape index (κ3) is 3.07. The van der Waals surface area contributed by atoms with Gasteiger partial charge in [0.25, 0.3) is 0 Å². The highest BCUT2D eigenvalue weighted by atomic mass is 32.2. The van der Waals surface area contributed by atoms with Gasteiger partial charge in [0.15, 0.2) is 11.6 Å². The van der Waals surface area contributed by atoms with E-state index in [1.165, 1.54) is 30.3 Å². The van der Waals surface area contributed by atoms with Crippen LogP contribution in [0.3, 0.4) is 0 Å². The van der Waals surface area contributed by atoms with Crippen molar-refractivity contribution in [1.29, 1.82) is 0 Å². The Morgan fingerprint density at radius 1 is 0.913 bits per heavy atom. The first-order valence-corrected chi connectivity index (χ1v) is 7.69. The first-order valence-electron chi connectivity index (χ1n) is 6.29. The van der Waals surface area contributed by atoms with Crippen molar-refractivity contribution < 1.29 is 25.8 Å². The van der Waals surface area contributed by atoms with Gasteiger partial charge in [0, 0.05) is 17.5 Å². The molecule has 1 aromatic heterocycles. The van der Waals surface area contributed by atoms with Gasteiger partial charge in [-0.2, -0.15) is 8.42 Å². The highest BCUT2D eigenvalue weighted by Crippen LogP contribution is 2.24. The van der Waals surface area contributed by atoms with Crippen LogP contribution in [0, 0.1) is 11.6 Å². The number of fused-ring (bicyclic) bond motifs is 1. The Morgan fingerprint density at radius 3 is 2.39 bits per heavy atom. The van der Waals surface area contributed by atoms with Crippen LogP contribution >= 0.6 is 0 Å². The van der Waals surface area contributed by atoms with Gasteiger partial charge in [-0.3, -0.25) is 0 Å². The van der Waals surface area contributed by atoms with E-state index in [-0.39, 0.29) is 11.3 Å². The lowest BCUT2D eigenvalue weighted by atomic mass is 10.2. The number of hydrogen-bond acceptors (Lipinski definition) is 5. The smallest absolute Gasteiger partial charge is 0.339 e. The summed E-state index contributed by atoms with van der Waals surface area (Å²) in [6, 6.07) is 8.88. The molecule has 0 aliphatic rings. The predicted molar refractivity (Wildman–Crippen MR) is 76.7 cm³/mol. The van der Waals surface area contributed by atoms with Crippen molar-refractivity contribution >= 4 is 21.1 Å². The molecular formula is C15H8F2O5S. The van der Waals surface area contributed by atoms with E-state index in [9.17, 15) is 22.0 Å². The monoisotopic (exact) mass is 338 g/mol. The van der Waals surface area contributed by atoms with Crippen LogP contribution in [0.1, 0.15) is 0 Å². The molecule has 118 valence electrons. The third-order valence-electron chi connectivity index (χ3n) is 2.98. The standard InChI is InChI=1S/C15H8F2O5S/c16-12-5-4-11(8-13(12)17)23(19,20)22-10-3-1-9-2-6-15(18)21-14(9)7-10/h1-8H. The van der Waals surface area contributed by atoms with Gasteiger partial charge in [-0.15, -0.1) is 0 Å². The summed E-state index contributed by atoms with van der Waals surface area (Å²) in [4.78, 5) is 10.6. The van der Waals surface area contributed by atoms with Crippen LogP contribution in [0.15, 0.2) is 62.6 Å². The van der Waals surface area contributed by atoms with Gasteiger partial charge in [0.05, 0.1) is 0 Å². The number of rotatable bonds is 3. The van der Waals surface area contributed by atoms with Gasteiger partial charge in [-0.25, -0.2) is 13.6 Å². The van der Waals surface area contributed by atoms with Crippen LogP contribution in [0.25, 0.3) is 11.0 Å². The zero-order chi connectivity index (χ0) is 16.6. The maximum Gasteiger partial charge on any atom is 0.339 e. The molecule has 2 aromatic carbocycles. The molecule has 0 aliphatic carbocycles. The second-order valence-corrected chi connectivity index (χ2v) is 6.11. The first kappa shape index (κ1) is 15.2. The SMILES string of the molecule is O=c1ccc2ccc(OS(=O)(=O)c3ccc(F)c(F)c3)cc2o1. The van der Waals surface area contributed by atoms with Crippen LogP contribution in [0.4, 0.5) is 8.78 Å². The molecule has 0 N–H and O–H groups in total. The molecule has 0 spiro atoms. The molecule has 0 fully saturated rings. The summed E-state index contributed by atoms with van der Waals surface area (Å²) in [5, 5.41) is 0.571. The zero-order valence-electron chi connectivity index (χ0n) is 11.3. The Hall–Kier alpha value is -2.74. The van der Waals surface area contributed by atoms with E-state index < -0.39 is 32.3 Å². The van der Waals surface area contributed by atoms with Gasteiger partial charge in [-0.1, -0.05) is 0 Å². The molecule has 3 rings (SSSR count). The number of halogens is 2. The zero-order valence-corrected chi connectivity index (χ0v) is 12.1. The van der Waals surface area contributed by atoms with Crippen molar-refractivity contribution in [3.63, 3.8) is 0 Å². The Labute approximate surface area is 128 Å². The second kappa shape index (κ2) is 5.47. The summed E-state index contributed by atoms with van der Waals surface area (Å²) in [7, 11) is -4.36. The molecule has 0 unspecified atom stereocenters. The van der Waals surface area contributed by atoms with Crippen molar-refractivity contribution in [3.05, 3.63) is 70.6 Å². The molecule has 0 atom stereocenters. The number of hydrogen-bond donors (Lipinski definition) is 0. The summed E-state index contributed by atoms with van der Waals surface area (Å²) in [6.45, 7) is 0. The quantitative estimate of drug-likeness (QED) is 0.542. The molecule has 23 heavy (non-hydrogen) atoms. The lowest BCUT2D eigenvalue weighted by Gasteiger charge is -2.07. The van der Waals surface area contributed by atoms with Gasteiger partial charge >= 0.3 is 15.7 Å². The lowest BCUT2D eigenvalue weighted by Crippen LogP contribution is -2.10. The van der Waals surface area contributed by atoms with Crippen LogP contribution in [-0.4, -0.2) is 8.42 Å². The summed E-state index contributed by atoms with van der Waals surface area (Å²) in [6.07, 6.45) is 0. The second-order valence-electron chi connectivity index (χ2n) is 4.57. The minimum atomic E-state index is -4.36. The minimum absolute atomic E-state index is 0.128. The first-order chi connectivity index (χ1) is 10.8. The predicted octanol–water partition coefficient (Wildman–Crippen LogP) is 2.84. The van der Waals surface area contributed by atoms with E-state index in [0.29, 0.717) is 17.5 Å². The van der Waals surface area contributed by atoms with E-state index in [1.807, 2.05) is 0 Å². The molecular weight excluding hydrogens is 330 g/mol. The highest BCUT2D eigenvalue weighted by molar-refractivity contribution is 7.87. The Kier molecular flexibility index (Phi) is 3.61. The fraction of sp³-hybridized carbons (Fsp3) is 0. The van der Waals surface area contributed by atoms with Crippen molar-refractivity contribution in [2.24, 2.45) is 0 Å². The Morgan fingerprint density at radius 2 is 1.65 bits per heavy atom. The van der Waals surface area contributed by atoms with E-state index in [2.05, 4.69) is 0 Å². The largest absolute Gasteiger partial charge is 0.423 e. The Bertz CT molecular complexity index is 1060. The summed E-state index contributed by atoms with van der Waals surface area (Å²) >= 11 is 0. The molecule has 8 heteroatoms. The third-order valence-corrected chi connectivity index (χ3v) is 4.22. The summed E-state index contributed by atoms with van der Waals surface area (Å²) < 4.78 is 59.9. The van der Waals surface area contributed by atoms with Crippen LogP contribution in [-0.2, 0) is 10.1 Å². The fourth-order valence-electron chi connectivity index (χ4n) is 1.90. The molecule has 1 heterocycles. The molecule has 3 aromatic rings. The summed E-state index contributed by atoms with van der Waals surface area (Å²) in [5.41, 5.74) is -0.464. The van der Waals surface area contributed by atoms with E-state index in [1.54, 1.807) is 0 Å². The van der Waals surface area contributed by atoms with Crippen LogP contribution in [0.5, 0.6) is 5.75 Å². The average molecular weight is 338 g/mol. The highest BCUT2D eigenvalue weighted by Gasteiger charge is 2.19. The van der Waals surface area contributed by atoms with Crippen molar-refractivity contribution in [2.45, 2.75) is 4.90 Å². The maximum absolute atomic E-state index is 13.2. The molecule has 0 saturated heterocycles. The van der Waals surface area contributed by atoms with Crippen molar-refractivity contribution in [3.8, 4) is 5.75 Å². The van der Waals surface area contributed by atoms with Crippen LogP contribution < -0.4 is 9.81 Å². The van der Waals surface area contributed by atoms with E-state index in [4.69, 9.17) is 8.60 Å². The molecule has 0 radical (unpaired) electrons. The van der Waals surface area contributed by atoms with E-state index >= 15 is 0 Å². The van der Waals surface area contributed by atoms with Crippen LogP contribution in [0.2, 0.25) is 0 Å². The van der Waals surface area contributed by atoms with Crippen molar-refractivity contribution in [2.75, 3.05) is 0 Å². The molecule has 0 bridgehead atoms. The van der Waals surface area contributed by atoms with Gasteiger partial charge in [0.1, 0.15) is 16.2 Å². The summed E-state index contributed by atoms with van der Waals surface area (Å²) in [5.74, 6) is -2.60. The topological polar surface area (TPSA) is 73.6 Å². The van der Waals surface area contributed by atoms with Crippen molar-refractivity contribution in [1.82, 2.24) is 0 Å². The van der Waals surface area contributed by atoms with Gasteiger partial charge < -0.3 is 8.60 Å². The number of benzene rings is 2. The molecule has 0 amide bonds. The van der Waals surface area contributed by atoms with E-state index in [0.717, 1.165) is 6.07 Å². The molecule has 0 aliphatic heterocycles. The average Bonchev–Trinajstić information content (AvgIpc) is 2.49. The normalized spacial score (nSPS) is 11.6. The lowest BCUT2D eigenvalue weighted by molar-refractivity contribution is 0.478. The van der Waals surface area contributed by atoms with Gasteiger partial charge in [-0.05, 0) is 36.4 Å². The van der Waals surface area contributed by atoms with Gasteiger partial charge in [0.2, 0.25) is 0 Å². The molecule has 0 saturated carbocycles. The molecule has 5 nitrogen and oxygen atoms in total. The Balaban J connectivity index is 1.99.